The summed E-state index contributed by atoms with van der Waals surface area (Å²) in [6.45, 7) is 0. The van der Waals surface area contributed by atoms with Gasteiger partial charge in [0, 0.05) is 18.1 Å². The predicted octanol–water partition coefficient (Wildman–Crippen LogP) is 3.57. The van der Waals surface area contributed by atoms with Crippen LogP contribution in [0, 0.1) is 5.82 Å². The zero-order valence-corrected chi connectivity index (χ0v) is 11.3. The lowest BCUT2D eigenvalue weighted by atomic mass is 10.4. The van der Waals surface area contributed by atoms with E-state index in [4.69, 9.17) is 0 Å². The normalized spacial score (nSPS) is 10.3. The van der Waals surface area contributed by atoms with E-state index < -0.39 is 0 Å². The molecule has 0 bridgehead atoms. The largest absolute Gasteiger partial charge is 0.357 e. The van der Waals surface area contributed by atoms with Crippen LogP contribution in [-0.2, 0) is 0 Å². The van der Waals surface area contributed by atoms with Crippen molar-refractivity contribution in [2.75, 3.05) is 12.4 Å². The van der Waals surface area contributed by atoms with E-state index in [1.165, 1.54) is 23.9 Å². The highest BCUT2D eigenvalue weighted by molar-refractivity contribution is 9.10. The number of rotatable bonds is 3. The van der Waals surface area contributed by atoms with Crippen LogP contribution in [0.15, 0.2) is 44.9 Å². The SMILES string of the molecule is CNc1ncc(Br)c(Sc2ccc(F)cc2)n1. The van der Waals surface area contributed by atoms with Crippen LogP contribution in [0.1, 0.15) is 0 Å². The number of nitrogens with zero attached hydrogens (tertiary/aromatic N) is 2. The molecule has 1 heterocycles. The fourth-order valence-electron chi connectivity index (χ4n) is 1.16. The van der Waals surface area contributed by atoms with Crippen LogP contribution in [0.3, 0.4) is 0 Å². The van der Waals surface area contributed by atoms with Gasteiger partial charge in [-0.1, -0.05) is 11.8 Å². The van der Waals surface area contributed by atoms with Crippen molar-refractivity contribution in [1.29, 1.82) is 0 Å². The standard InChI is InChI=1S/C11H9BrFN3S/c1-14-11-15-6-9(12)10(16-11)17-8-4-2-7(13)3-5-8/h2-6H,1H3,(H,14,15,16). The Morgan fingerprint density at radius 2 is 2.00 bits per heavy atom. The van der Waals surface area contributed by atoms with E-state index in [1.54, 1.807) is 25.4 Å². The van der Waals surface area contributed by atoms with Crippen LogP contribution in [0.25, 0.3) is 0 Å². The Kier molecular flexibility index (Phi) is 3.96. The number of aromatic nitrogens is 2. The van der Waals surface area contributed by atoms with E-state index in [1.807, 2.05) is 0 Å². The van der Waals surface area contributed by atoms with Crippen molar-refractivity contribution in [3.05, 3.63) is 40.8 Å². The molecule has 2 rings (SSSR count). The molecule has 1 aromatic heterocycles. The number of nitrogens with one attached hydrogen (secondary N) is 1. The Morgan fingerprint density at radius 1 is 1.29 bits per heavy atom. The zero-order valence-electron chi connectivity index (χ0n) is 8.95. The van der Waals surface area contributed by atoms with Crippen LogP contribution in [0.4, 0.5) is 10.3 Å². The Labute approximate surface area is 111 Å². The molecule has 17 heavy (non-hydrogen) atoms. The molecule has 0 unspecified atom stereocenters. The fourth-order valence-corrected chi connectivity index (χ4v) is 2.37. The lowest BCUT2D eigenvalue weighted by Gasteiger charge is -2.05. The lowest BCUT2D eigenvalue weighted by molar-refractivity contribution is 0.626. The van der Waals surface area contributed by atoms with E-state index in [0.717, 1.165) is 14.4 Å². The maximum Gasteiger partial charge on any atom is 0.223 e. The molecule has 0 fully saturated rings. The smallest absolute Gasteiger partial charge is 0.223 e. The summed E-state index contributed by atoms with van der Waals surface area (Å²) in [7, 11) is 1.76. The second kappa shape index (κ2) is 5.46. The second-order valence-electron chi connectivity index (χ2n) is 3.15. The van der Waals surface area contributed by atoms with Gasteiger partial charge in [0.1, 0.15) is 10.8 Å². The van der Waals surface area contributed by atoms with Gasteiger partial charge in [-0.15, -0.1) is 0 Å². The molecule has 0 spiro atoms. The van der Waals surface area contributed by atoms with Gasteiger partial charge in [-0.25, -0.2) is 14.4 Å². The summed E-state index contributed by atoms with van der Waals surface area (Å²) in [5.41, 5.74) is 0. The molecule has 2 aromatic rings. The first kappa shape index (κ1) is 12.3. The number of benzene rings is 1. The van der Waals surface area contributed by atoms with E-state index >= 15 is 0 Å². The predicted molar refractivity (Wildman–Crippen MR) is 69.8 cm³/mol. The van der Waals surface area contributed by atoms with E-state index in [0.29, 0.717) is 5.95 Å². The third kappa shape index (κ3) is 3.17. The highest BCUT2D eigenvalue weighted by atomic mass is 79.9. The van der Waals surface area contributed by atoms with Crippen molar-refractivity contribution >= 4 is 33.6 Å². The number of hydrogen-bond donors (Lipinski definition) is 1. The van der Waals surface area contributed by atoms with Gasteiger partial charge in [0.25, 0.3) is 0 Å². The molecule has 1 N–H and O–H groups in total. The molecular weight excluding hydrogens is 305 g/mol. The van der Waals surface area contributed by atoms with Gasteiger partial charge in [-0.3, -0.25) is 0 Å². The molecule has 88 valence electrons. The summed E-state index contributed by atoms with van der Waals surface area (Å²) in [4.78, 5) is 9.30. The molecule has 0 saturated heterocycles. The molecule has 0 atom stereocenters. The Balaban J connectivity index is 2.25. The second-order valence-corrected chi connectivity index (χ2v) is 5.07. The summed E-state index contributed by atoms with van der Waals surface area (Å²) in [6.07, 6.45) is 1.69. The van der Waals surface area contributed by atoms with Gasteiger partial charge in [-0.05, 0) is 40.2 Å². The number of anilines is 1. The quantitative estimate of drug-likeness (QED) is 0.879. The molecule has 0 aliphatic carbocycles. The highest BCUT2D eigenvalue weighted by Gasteiger charge is 2.06. The van der Waals surface area contributed by atoms with Crippen LogP contribution in [0.5, 0.6) is 0 Å². The van der Waals surface area contributed by atoms with Gasteiger partial charge in [-0.2, -0.15) is 0 Å². The van der Waals surface area contributed by atoms with Crippen molar-refractivity contribution in [2.24, 2.45) is 0 Å². The maximum absolute atomic E-state index is 12.8. The molecule has 0 saturated carbocycles. The van der Waals surface area contributed by atoms with Crippen molar-refractivity contribution in [1.82, 2.24) is 9.97 Å². The average Bonchev–Trinajstić information content (AvgIpc) is 2.35. The van der Waals surface area contributed by atoms with Gasteiger partial charge in [0.2, 0.25) is 5.95 Å². The molecule has 3 nitrogen and oxygen atoms in total. The van der Waals surface area contributed by atoms with E-state index in [2.05, 4.69) is 31.2 Å². The van der Waals surface area contributed by atoms with Gasteiger partial charge < -0.3 is 5.32 Å². The topological polar surface area (TPSA) is 37.8 Å². The zero-order chi connectivity index (χ0) is 12.3. The molecule has 0 radical (unpaired) electrons. The first-order valence-electron chi connectivity index (χ1n) is 4.83. The van der Waals surface area contributed by atoms with Crippen molar-refractivity contribution in [3.8, 4) is 0 Å². The third-order valence-corrected chi connectivity index (χ3v) is 3.82. The Hall–Kier alpha value is -1.14. The van der Waals surface area contributed by atoms with Gasteiger partial charge >= 0.3 is 0 Å². The van der Waals surface area contributed by atoms with Crippen molar-refractivity contribution < 1.29 is 4.39 Å². The van der Waals surface area contributed by atoms with Crippen molar-refractivity contribution in [2.45, 2.75) is 9.92 Å². The fraction of sp³-hybridized carbons (Fsp3) is 0.0909. The lowest BCUT2D eigenvalue weighted by Crippen LogP contribution is -1.97. The Morgan fingerprint density at radius 3 is 2.65 bits per heavy atom. The van der Waals surface area contributed by atoms with Crippen LogP contribution in [0.2, 0.25) is 0 Å². The minimum atomic E-state index is -0.244. The Bertz CT molecular complexity index is 519. The summed E-state index contributed by atoms with van der Waals surface area (Å²) in [6, 6.07) is 6.29. The van der Waals surface area contributed by atoms with E-state index in [-0.39, 0.29) is 5.82 Å². The highest BCUT2D eigenvalue weighted by Crippen LogP contribution is 2.31. The first-order valence-corrected chi connectivity index (χ1v) is 6.43. The molecule has 0 amide bonds. The van der Waals surface area contributed by atoms with Crippen LogP contribution < -0.4 is 5.32 Å². The number of hydrogen-bond acceptors (Lipinski definition) is 4. The maximum atomic E-state index is 12.8. The molecule has 6 heteroatoms. The molecule has 0 aliphatic heterocycles. The monoisotopic (exact) mass is 313 g/mol. The van der Waals surface area contributed by atoms with E-state index in [9.17, 15) is 4.39 Å². The summed E-state index contributed by atoms with van der Waals surface area (Å²) in [5.74, 6) is 0.310. The minimum Gasteiger partial charge on any atom is -0.357 e. The van der Waals surface area contributed by atoms with Gasteiger partial charge in [0.15, 0.2) is 0 Å². The summed E-state index contributed by atoms with van der Waals surface area (Å²) < 4.78 is 13.6. The van der Waals surface area contributed by atoms with Crippen LogP contribution >= 0.6 is 27.7 Å². The van der Waals surface area contributed by atoms with Gasteiger partial charge in [0.05, 0.1) is 4.47 Å². The van der Waals surface area contributed by atoms with Crippen LogP contribution in [-0.4, -0.2) is 17.0 Å². The first-order chi connectivity index (χ1) is 8.19. The minimum absolute atomic E-state index is 0.244. The summed E-state index contributed by atoms with van der Waals surface area (Å²) in [5, 5.41) is 3.66. The molecular formula is C11H9BrFN3S. The average molecular weight is 314 g/mol. The third-order valence-electron chi connectivity index (χ3n) is 1.96. The van der Waals surface area contributed by atoms with Crippen molar-refractivity contribution in [3.63, 3.8) is 0 Å². The number of halogens is 2. The summed E-state index contributed by atoms with van der Waals surface area (Å²) >= 11 is 4.83. The molecule has 1 aromatic carbocycles. The molecule has 0 aliphatic rings.